The van der Waals surface area contributed by atoms with Gasteiger partial charge in [-0.1, -0.05) is 12.7 Å². The predicted octanol–water partition coefficient (Wildman–Crippen LogP) is 3.00. The van der Waals surface area contributed by atoms with Gasteiger partial charge in [-0.05, 0) is 52.9 Å². The Morgan fingerprint density at radius 3 is 2.40 bits per heavy atom. The zero-order valence-electron chi connectivity index (χ0n) is 8.32. The molecule has 0 unspecified atom stereocenters. The molecule has 0 fully saturated rings. The summed E-state index contributed by atoms with van der Waals surface area (Å²) in [7, 11) is 0. The predicted molar refractivity (Wildman–Crippen MR) is 71.9 cm³/mol. The summed E-state index contributed by atoms with van der Waals surface area (Å²) in [4.78, 5) is 13.2. The van der Waals surface area contributed by atoms with E-state index in [4.69, 9.17) is 0 Å². The topological polar surface area (TPSA) is 20.3 Å². The van der Waals surface area contributed by atoms with Crippen LogP contribution in [0.2, 0.25) is 0 Å². The highest BCUT2D eigenvalue weighted by atomic mass is 127. The molecule has 0 bridgehead atoms. The molecule has 1 rings (SSSR count). The molecule has 0 saturated carbocycles. The summed E-state index contributed by atoms with van der Waals surface area (Å²) in [6.07, 6.45) is 3.00. The minimum Gasteiger partial charge on any atom is -0.305 e. The number of halogens is 1. The number of nitrogens with zero attached hydrogens (tertiary/aromatic N) is 1. The third kappa shape index (κ3) is 3.20. The van der Waals surface area contributed by atoms with Crippen molar-refractivity contribution in [2.75, 3.05) is 11.4 Å². The van der Waals surface area contributed by atoms with E-state index in [2.05, 4.69) is 35.7 Å². The second kappa shape index (κ2) is 5.70. The highest BCUT2D eigenvalue weighted by Crippen LogP contribution is 2.16. The number of carbonyl (C=O) groups excluding carboxylic acids is 1. The van der Waals surface area contributed by atoms with Gasteiger partial charge in [0.25, 0.3) is 5.91 Å². The average Bonchev–Trinajstić information content (AvgIpc) is 2.26. The molecule has 1 amide bonds. The standard InChI is InChI=1S/C12H12INO/c1-3-9-14(12(15)4-2)11-7-5-10(13)6-8-11/h3-8H,1-2,9H2. The van der Waals surface area contributed by atoms with E-state index in [0.29, 0.717) is 6.54 Å². The Morgan fingerprint density at radius 2 is 1.93 bits per heavy atom. The highest BCUT2D eigenvalue weighted by Gasteiger charge is 2.10. The maximum atomic E-state index is 11.5. The van der Waals surface area contributed by atoms with Gasteiger partial charge in [-0.2, -0.15) is 0 Å². The number of anilines is 1. The van der Waals surface area contributed by atoms with Crippen molar-refractivity contribution in [2.45, 2.75) is 0 Å². The Labute approximate surface area is 103 Å². The first-order valence-electron chi connectivity index (χ1n) is 4.49. The normalized spacial score (nSPS) is 9.40. The summed E-state index contributed by atoms with van der Waals surface area (Å²) in [5, 5.41) is 0. The Hall–Kier alpha value is -1.10. The summed E-state index contributed by atoms with van der Waals surface area (Å²) < 4.78 is 1.14. The summed E-state index contributed by atoms with van der Waals surface area (Å²) in [6.45, 7) is 7.60. The van der Waals surface area contributed by atoms with Crippen molar-refractivity contribution >= 4 is 34.2 Å². The van der Waals surface area contributed by atoms with E-state index in [0.717, 1.165) is 9.26 Å². The molecule has 3 heteroatoms. The van der Waals surface area contributed by atoms with E-state index in [-0.39, 0.29) is 5.91 Å². The Bertz CT molecular complexity index is 370. The summed E-state index contributed by atoms with van der Waals surface area (Å²) in [6, 6.07) is 7.74. The summed E-state index contributed by atoms with van der Waals surface area (Å²) in [5.74, 6) is -0.115. The maximum Gasteiger partial charge on any atom is 0.250 e. The molecule has 0 atom stereocenters. The van der Waals surface area contributed by atoms with E-state index in [1.54, 1.807) is 11.0 Å². The highest BCUT2D eigenvalue weighted by molar-refractivity contribution is 14.1. The van der Waals surface area contributed by atoms with Crippen molar-refractivity contribution < 1.29 is 4.79 Å². The molecule has 15 heavy (non-hydrogen) atoms. The molecule has 1 aromatic rings. The van der Waals surface area contributed by atoms with Crippen LogP contribution in [0.5, 0.6) is 0 Å². The van der Waals surface area contributed by atoms with Crippen LogP contribution in [0.4, 0.5) is 5.69 Å². The van der Waals surface area contributed by atoms with Gasteiger partial charge in [-0.15, -0.1) is 6.58 Å². The number of benzene rings is 1. The fourth-order valence-corrected chi connectivity index (χ4v) is 1.54. The lowest BCUT2D eigenvalue weighted by molar-refractivity contribution is -0.114. The molecule has 0 spiro atoms. The third-order valence-electron chi connectivity index (χ3n) is 1.89. The van der Waals surface area contributed by atoms with Crippen molar-refractivity contribution in [1.82, 2.24) is 0 Å². The van der Waals surface area contributed by atoms with E-state index < -0.39 is 0 Å². The maximum absolute atomic E-state index is 11.5. The number of hydrogen-bond acceptors (Lipinski definition) is 1. The molecular formula is C12H12INO. The van der Waals surface area contributed by atoms with Crippen molar-refractivity contribution in [1.29, 1.82) is 0 Å². The largest absolute Gasteiger partial charge is 0.305 e. The number of hydrogen-bond donors (Lipinski definition) is 0. The molecule has 0 saturated heterocycles. The van der Waals surface area contributed by atoms with Crippen LogP contribution in [0, 0.1) is 3.57 Å². The molecule has 78 valence electrons. The first kappa shape index (κ1) is 12.0. The Balaban J connectivity index is 2.98. The lowest BCUT2D eigenvalue weighted by atomic mass is 10.3. The van der Waals surface area contributed by atoms with Crippen LogP contribution in [0.3, 0.4) is 0 Å². The van der Waals surface area contributed by atoms with Gasteiger partial charge >= 0.3 is 0 Å². The molecule has 0 aromatic heterocycles. The molecule has 0 aliphatic rings. The van der Waals surface area contributed by atoms with E-state index in [1.165, 1.54) is 6.08 Å². The molecule has 0 N–H and O–H groups in total. The Morgan fingerprint density at radius 1 is 1.33 bits per heavy atom. The van der Waals surface area contributed by atoms with E-state index >= 15 is 0 Å². The van der Waals surface area contributed by atoms with Crippen molar-refractivity contribution in [3.8, 4) is 0 Å². The monoisotopic (exact) mass is 313 g/mol. The van der Waals surface area contributed by atoms with Gasteiger partial charge in [0.2, 0.25) is 0 Å². The molecule has 0 aliphatic heterocycles. The lowest BCUT2D eigenvalue weighted by Crippen LogP contribution is -2.29. The second-order valence-corrected chi connectivity index (χ2v) is 4.16. The van der Waals surface area contributed by atoms with Gasteiger partial charge in [-0.3, -0.25) is 4.79 Å². The van der Waals surface area contributed by atoms with Crippen LogP contribution in [-0.2, 0) is 4.79 Å². The molecular weight excluding hydrogens is 301 g/mol. The van der Waals surface area contributed by atoms with Crippen molar-refractivity contribution in [2.24, 2.45) is 0 Å². The fourth-order valence-electron chi connectivity index (χ4n) is 1.18. The zero-order chi connectivity index (χ0) is 11.3. The molecule has 1 aromatic carbocycles. The quantitative estimate of drug-likeness (QED) is 0.475. The van der Waals surface area contributed by atoms with E-state index in [9.17, 15) is 4.79 Å². The van der Waals surface area contributed by atoms with Crippen LogP contribution in [-0.4, -0.2) is 12.5 Å². The van der Waals surface area contributed by atoms with Crippen LogP contribution in [0.25, 0.3) is 0 Å². The zero-order valence-corrected chi connectivity index (χ0v) is 10.5. The van der Waals surface area contributed by atoms with Gasteiger partial charge in [0.05, 0.1) is 0 Å². The van der Waals surface area contributed by atoms with Gasteiger partial charge in [-0.25, -0.2) is 0 Å². The fraction of sp³-hybridized carbons (Fsp3) is 0.0833. The lowest BCUT2D eigenvalue weighted by Gasteiger charge is -2.19. The molecule has 0 aliphatic carbocycles. The first-order chi connectivity index (χ1) is 7.19. The molecule has 0 radical (unpaired) electrons. The molecule has 0 heterocycles. The van der Waals surface area contributed by atoms with Crippen molar-refractivity contribution in [3.63, 3.8) is 0 Å². The van der Waals surface area contributed by atoms with Gasteiger partial charge in [0.15, 0.2) is 0 Å². The number of rotatable bonds is 4. The van der Waals surface area contributed by atoms with Crippen LogP contribution < -0.4 is 4.90 Å². The average molecular weight is 313 g/mol. The van der Waals surface area contributed by atoms with Gasteiger partial charge in [0.1, 0.15) is 0 Å². The summed E-state index contributed by atoms with van der Waals surface area (Å²) >= 11 is 2.22. The van der Waals surface area contributed by atoms with Crippen LogP contribution in [0.15, 0.2) is 49.6 Å². The number of carbonyl (C=O) groups is 1. The SMILES string of the molecule is C=CCN(C(=O)C=C)c1ccc(I)cc1. The second-order valence-electron chi connectivity index (χ2n) is 2.92. The Kier molecular flexibility index (Phi) is 4.55. The van der Waals surface area contributed by atoms with Gasteiger partial charge < -0.3 is 4.90 Å². The smallest absolute Gasteiger partial charge is 0.250 e. The first-order valence-corrected chi connectivity index (χ1v) is 5.57. The third-order valence-corrected chi connectivity index (χ3v) is 2.61. The van der Waals surface area contributed by atoms with E-state index in [1.807, 2.05) is 24.3 Å². The van der Waals surface area contributed by atoms with Crippen LogP contribution >= 0.6 is 22.6 Å². The van der Waals surface area contributed by atoms with Crippen molar-refractivity contribution in [3.05, 3.63) is 53.1 Å². The number of amides is 1. The minimum absolute atomic E-state index is 0.115. The minimum atomic E-state index is -0.115. The summed E-state index contributed by atoms with van der Waals surface area (Å²) in [5.41, 5.74) is 0.861. The molecule has 2 nitrogen and oxygen atoms in total. The van der Waals surface area contributed by atoms with Gasteiger partial charge in [0, 0.05) is 15.8 Å². The van der Waals surface area contributed by atoms with Crippen LogP contribution in [0.1, 0.15) is 0 Å².